The summed E-state index contributed by atoms with van der Waals surface area (Å²) in [5, 5.41) is 31.7. The van der Waals surface area contributed by atoms with Gasteiger partial charge in [-0.05, 0) is 24.3 Å². The van der Waals surface area contributed by atoms with E-state index in [0.717, 1.165) is 0 Å². The van der Waals surface area contributed by atoms with Crippen LogP contribution in [0, 0.1) is 0 Å². The summed E-state index contributed by atoms with van der Waals surface area (Å²) >= 11 is 11.7. The van der Waals surface area contributed by atoms with Gasteiger partial charge >= 0.3 is 0 Å². The van der Waals surface area contributed by atoms with Crippen molar-refractivity contribution < 1.29 is 10.2 Å². The van der Waals surface area contributed by atoms with E-state index in [9.17, 15) is 10.2 Å². The predicted molar refractivity (Wildman–Crippen MR) is 112 cm³/mol. The zero-order chi connectivity index (χ0) is 18.9. The van der Waals surface area contributed by atoms with E-state index in [0.29, 0.717) is 32.6 Å². The van der Waals surface area contributed by atoms with Crippen molar-refractivity contribution in [3.05, 3.63) is 69.7 Å². The van der Waals surface area contributed by atoms with Gasteiger partial charge in [-0.15, -0.1) is 22.6 Å². The summed E-state index contributed by atoms with van der Waals surface area (Å²) < 4.78 is 0. The van der Waals surface area contributed by atoms with Crippen LogP contribution in [0.25, 0.3) is 0 Å². The van der Waals surface area contributed by atoms with Gasteiger partial charge in [0.2, 0.25) is 5.96 Å². The van der Waals surface area contributed by atoms with Crippen molar-refractivity contribution in [3.8, 4) is 0 Å². The van der Waals surface area contributed by atoms with Crippen molar-refractivity contribution in [2.75, 3.05) is 13.2 Å². The number of aliphatic hydroxyl groups is 2. The second-order valence-corrected chi connectivity index (χ2v) is 5.91. The van der Waals surface area contributed by atoms with Gasteiger partial charge in [0.05, 0.1) is 24.6 Å². The molecule has 0 aliphatic heterocycles. The van der Waals surface area contributed by atoms with Crippen molar-refractivity contribution in [1.82, 2.24) is 5.43 Å². The van der Waals surface area contributed by atoms with E-state index < -0.39 is 0 Å². The molecule has 27 heavy (non-hydrogen) atoms. The van der Waals surface area contributed by atoms with Crippen LogP contribution in [0.2, 0.25) is 10.0 Å². The summed E-state index contributed by atoms with van der Waals surface area (Å²) in [7, 11) is 0. The molecule has 0 aliphatic rings. The minimum Gasteiger partial charge on any atom is -0.390 e. The Kier molecular flexibility index (Phi) is 9.77. The number of benzene rings is 2. The van der Waals surface area contributed by atoms with Crippen LogP contribution in [-0.2, 0) is 0 Å². The monoisotopic (exact) mass is 429 g/mol. The average molecular weight is 431 g/mol. The Morgan fingerprint density at radius 1 is 0.815 bits per heavy atom. The minimum atomic E-state index is -0.325. The van der Waals surface area contributed by atoms with Gasteiger partial charge in [0.15, 0.2) is 0 Å². The molecule has 0 bridgehead atoms. The van der Waals surface area contributed by atoms with Crippen LogP contribution in [0.4, 0.5) is 0 Å². The Hall–Kier alpha value is -2.16. The van der Waals surface area contributed by atoms with Crippen molar-refractivity contribution in [1.29, 1.82) is 0 Å². The zero-order valence-corrected chi connectivity index (χ0v) is 16.3. The number of aliphatic hydroxyl groups excluding tert-OH is 2. The smallest absolute Gasteiger partial charge is 0.234 e. The molecular formula is C17H18Cl3N5O2. The van der Waals surface area contributed by atoms with Gasteiger partial charge in [0.1, 0.15) is 0 Å². The van der Waals surface area contributed by atoms with Crippen LogP contribution in [0.3, 0.4) is 0 Å². The molecule has 7 nitrogen and oxygen atoms in total. The number of nitrogens with zero attached hydrogens (tertiary/aromatic N) is 3. The SMILES string of the molecule is Cl.NC(=NN=C(CO)c1ccc(Cl)cc1)NN=C(CO)c1ccc(Cl)cc1. The van der Waals surface area contributed by atoms with Crippen LogP contribution in [0.15, 0.2) is 63.8 Å². The third kappa shape index (κ3) is 7.16. The first-order valence-electron chi connectivity index (χ1n) is 7.49. The molecule has 2 aromatic carbocycles. The quantitative estimate of drug-likeness (QED) is 0.320. The summed E-state index contributed by atoms with van der Waals surface area (Å²) in [6, 6.07) is 13.6. The van der Waals surface area contributed by atoms with Gasteiger partial charge in [0.25, 0.3) is 0 Å². The molecule has 144 valence electrons. The van der Waals surface area contributed by atoms with Gasteiger partial charge in [-0.1, -0.05) is 47.5 Å². The fraction of sp³-hybridized carbons (Fsp3) is 0.118. The van der Waals surface area contributed by atoms with Crippen molar-refractivity contribution in [2.45, 2.75) is 0 Å². The van der Waals surface area contributed by atoms with E-state index in [1.54, 1.807) is 48.5 Å². The summed E-state index contributed by atoms with van der Waals surface area (Å²) in [6.45, 7) is -0.633. The number of hydrazone groups is 1. The molecule has 0 radical (unpaired) electrons. The van der Waals surface area contributed by atoms with Crippen LogP contribution in [-0.4, -0.2) is 40.8 Å². The van der Waals surface area contributed by atoms with Gasteiger partial charge in [0, 0.05) is 21.2 Å². The Labute approximate surface area is 172 Å². The number of nitrogens with one attached hydrogen (secondary N) is 1. The normalized spacial score (nSPS) is 12.5. The number of hydrogen-bond acceptors (Lipinski definition) is 5. The maximum absolute atomic E-state index is 9.43. The molecule has 0 atom stereocenters. The van der Waals surface area contributed by atoms with E-state index >= 15 is 0 Å². The molecule has 0 spiro atoms. The predicted octanol–water partition coefficient (Wildman–Crippen LogP) is 2.41. The summed E-state index contributed by atoms with van der Waals surface area (Å²) in [4.78, 5) is 0. The van der Waals surface area contributed by atoms with Crippen LogP contribution in [0.5, 0.6) is 0 Å². The Morgan fingerprint density at radius 2 is 1.26 bits per heavy atom. The third-order valence-electron chi connectivity index (χ3n) is 3.24. The Balaban J connectivity index is 0.00000364. The first-order valence-corrected chi connectivity index (χ1v) is 8.25. The molecule has 0 saturated carbocycles. The molecule has 0 amide bonds. The average Bonchev–Trinajstić information content (AvgIpc) is 2.65. The number of rotatable bonds is 6. The first kappa shape index (κ1) is 22.9. The lowest BCUT2D eigenvalue weighted by molar-refractivity contribution is 0.357. The number of hydrogen-bond donors (Lipinski definition) is 4. The van der Waals surface area contributed by atoms with Crippen molar-refractivity contribution >= 4 is 53.0 Å². The highest BCUT2D eigenvalue weighted by molar-refractivity contribution is 6.31. The van der Waals surface area contributed by atoms with E-state index in [1.807, 2.05) is 0 Å². The highest BCUT2D eigenvalue weighted by atomic mass is 35.5. The lowest BCUT2D eigenvalue weighted by atomic mass is 10.1. The zero-order valence-electron chi connectivity index (χ0n) is 14.0. The third-order valence-corrected chi connectivity index (χ3v) is 3.74. The van der Waals surface area contributed by atoms with Gasteiger partial charge in [-0.2, -0.15) is 5.10 Å². The maximum Gasteiger partial charge on any atom is 0.234 e. The largest absolute Gasteiger partial charge is 0.390 e. The van der Waals surface area contributed by atoms with E-state index in [2.05, 4.69) is 20.7 Å². The van der Waals surface area contributed by atoms with E-state index in [4.69, 9.17) is 28.9 Å². The fourth-order valence-electron chi connectivity index (χ4n) is 1.92. The minimum absolute atomic E-state index is 0. The highest BCUT2D eigenvalue weighted by Crippen LogP contribution is 2.11. The molecule has 0 aromatic heterocycles. The topological polar surface area (TPSA) is 116 Å². The van der Waals surface area contributed by atoms with Crippen LogP contribution >= 0.6 is 35.6 Å². The molecule has 0 fully saturated rings. The van der Waals surface area contributed by atoms with E-state index in [-0.39, 0.29) is 31.6 Å². The lowest BCUT2D eigenvalue weighted by Gasteiger charge is -2.05. The van der Waals surface area contributed by atoms with Crippen LogP contribution < -0.4 is 11.2 Å². The van der Waals surface area contributed by atoms with E-state index in [1.165, 1.54) is 0 Å². The molecule has 0 saturated heterocycles. The number of halogens is 3. The summed E-state index contributed by atoms with van der Waals surface area (Å²) in [5.41, 5.74) is 10.2. The second-order valence-electron chi connectivity index (χ2n) is 5.03. The standard InChI is InChI=1S/C17H17Cl2N5O2.ClH/c18-13-5-1-11(2-6-13)15(9-25)21-23-17(20)24-22-16(10-26)12-3-7-14(19)8-4-12;/h1-8,25-26H,9-10H2,(H3,20,23,24);1H. The molecule has 2 rings (SSSR count). The molecule has 0 heterocycles. The molecule has 0 unspecified atom stereocenters. The van der Waals surface area contributed by atoms with Gasteiger partial charge in [-0.3, -0.25) is 0 Å². The van der Waals surface area contributed by atoms with Crippen LogP contribution in [0.1, 0.15) is 11.1 Å². The molecule has 0 aliphatic carbocycles. The molecule has 5 N–H and O–H groups in total. The summed E-state index contributed by atoms with van der Waals surface area (Å²) in [6.07, 6.45) is 0. The highest BCUT2D eigenvalue weighted by Gasteiger charge is 2.04. The fourth-order valence-corrected chi connectivity index (χ4v) is 2.17. The maximum atomic E-state index is 9.43. The number of guanidine groups is 1. The van der Waals surface area contributed by atoms with Gasteiger partial charge in [-0.25, -0.2) is 5.43 Å². The Bertz CT molecular complexity index is 821. The van der Waals surface area contributed by atoms with Gasteiger partial charge < -0.3 is 15.9 Å². The van der Waals surface area contributed by atoms with Crippen molar-refractivity contribution in [3.63, 3.8) is 0 Å². The molecular weight excluding hydrogens is 413 g/mol. The molecule has 2 aromatic rings. The molecule has 10 heteroatoms. The number of nitrogens with two attached hydrogens (primary N) is 1. The Morgan fingerprint density at radius 3 is 1.70 bits per heavy atom. The summed E-state index contributed by atoms with van der Waals surface area (Å²) in [5.74, 6) is -0.107. The van der Waals surface area contributed by atoms with Crippen molar-refractivity contribution in [2.24, 2.45) is 21.0 Å². The second kappa shape index (κ2) is 11.5. The first-order chi connectivity index (χ1) is 12.5. The lowest BCUT2D eigenvalue weighted by Crippen LogP contribution is -2.29.